The van der Waals surface area contributed by atoms with E-state index in [0.717, 1.165) is 23.1 Å². The molecule has 1 aliphatic heterocycles. The van der Waals surface area contributed by atoms with E-state index in [-0.39, 0.29) is 18.4 Å². The van der Waals surface area contributed by atoms with Crippen molar-refractivity contribution in [1.29, 1.82) is 0 Å². The Kier molecular flexibility index (Phi) is 9.10. The van der Waals surface area contributed by atoms with Crippen LogP contribution in [0.2, 0.25) is 0 Å². The highest BCUT2D eigenvalue weighted by molar-refractivity contribution is 5.82. The predicted octanol–water partition coefficient (Wildman–Crippen LogP) is 4.34. The maximum atomic E-state index is 12.5. The first-order valence-electron chi connectivity index (χ1n) is 11.1. The zero-order valence-electron chi connectivity index (χ0n) is 19.2. The van der Waals surface area contributed by atoms with Crippen LogP contribution in [0.1, 0.15) is 58.1 Å². The van der Waals surface area contributed by atoms with Crippen molar-refractivity contribution >= 4 is 5.97 Å². The lowest BCUT2D eigenvalue weighted by Crippen LogP contribution is -2.36. The van der Waals surface area contributed by atoms with E-state index < -0.39 is 23.6 Å². The molecule has 4 atom stereocenters. The lowest BCUT2D eigenvalue weighted by Gasteiger charge is -2.33. The second kappa shape index (κ2) is 11.3. The molecule has 0 radical (unpaired) electrons. The van der Waals surface area contributed by atoms with Gasteiger partial charge in [-0.15, -0.1) is 12.3 Å². The van der Waals surface area contributed by atoms with Gasteiger partial charge in [-0.2, -0.15) is 0 Å². The number of benzene rings is 1. The third-order valence-corrected chi connectivity index (χ3v) is 6.38. The Labute approximate surface area is 187 Å². The molecule has 31 heavy (non-hydrogen) atoms. The van der Waals surface area contributed by atoms with Crippen LogP contribution < -0.4 is 0 Å². The van der Waals surface area contributed by atoms with E-state index in [1.54, 1.807) is 6.08 Å². The second-order valence-corrected chi connectivity index (χ2v) is 9.07. The molecule has 0 saturated carbocycles. The van der Waals surface area contributed by atoms with Crippen LogP contribution >= 0.6 is 0 Å². The molecule has 1 heterocycles. The zero-order chi connectivity index (χ0) is 23.0. The molecule has 4 nitrogen and oxygen atoms in total. The maximum absolute atomic E-state index is 12.5. The van der Waals surface area contributed by atoms with Crippen molar-refractivity contribution in [3.05, 3.63) is 59.2 Å². The number of terminal acetylenes is 1. The smallest absolute Gasteiger partial charge is 0.331 e. The van der Waals surface area contributed by atoms with Gasteiger partial charge in [0.1, 0.15) is 6.10 Å². The summed E-state index contributed by atoms with van der Waals surface area (Å²) in [6, 6.07) is 8.08. The quantitative estimate of drug-likeness (QED) is 0.429. The maximum Gasteiger partial charge on any atom is 0.331 e. The zero-order valence-corrected chi connectivity index (χ0v) is 19.2. The standard InChI is InChI=1S/C27H36O4/c1-6-20-16-24(19(3)14-21(7-2)18-28)31-26(30)13-9-11-22-10-8-12-23(15-22)27(4,5)25(29)17-20/h1,8-10,12-15,20-21,24-25,28-29H,7,11,16-18H2,2-5H3/b13-9+,19-14-/t20-,21-,24?,25+/m1/s1. The summed E-state index contributed by atoms with van der Waals surface area (Å²) in [5.41, 5.74) is 2.51. The van der Waals surface area contributed by atoms with E-state index in [1.165, 1.54) is 6.08 Å². The third kappa shape index (κ3) is 6.82. The van der Waals surface area contributed by atoms with Gasteiger partial charge in [0.05, 0.1) is 6.10 Å². The fraction of sp³-hybridized carbons (Fsp3) is 0.519. The molecular weight excluding hydrogens is 388 g/mol. The van der Waals surface area contributed by atoms with Crippen molar-refractivity contribution in [3.8, 4) is 12.3 Å². The number of carbonyl (C=O) groups is 1. The van der Waals surface area contributed by atoms with Gasteiger partial charge in [0, 0.05) is 36.4 Å². The highest BCUT2D eigenvalue weighted by Gasteiger charge is 2.33. The van der Waals surface area contributed by atoms with E-state index in [0.29, 0.717) is 19.3 Å². The number of aliphatic hydroxyl groups excluding tert-OH is 2. The molecule has 1 aromatic rings. The van der Waals surface area contributed by atoms with Gasteiger partial charge in [-0.3, -0.25) is 0 Å². The first-order chi connectivity index (χ1) is 14.7. The highest BCUT2D eigenvalue weighted by atomic mass is 16.5. The number of hydrogen-bond donors (Lipinski definition) is 2. The average molecular weight is 425 g/mol. The SMILES string of the molecule is C#C[C@@H]1CC(/C(C)=C\[C@@H](CC)CO)OC(=O)/C=C/Cc2cccc(c2)C(C)(C)[C@@H](O)C1. The number of ether oxygens (including phenoxy) is 1. The molecule has 1 aliphatic rings. The van der Waals surface area contributed by atoms with Crippen molar-refractivity contribution in [3.63, 3.8) is 0 Å². The lowest BCUT2D eigenvalue weighted by molar-refractivity contribution is -0.142. The monoisotopic (exact) mass is 424 g/mol. The molecule has 2 bridgehead atoms. The van der Waals surface area contributed by atoms with Crippen LogP contribution in [-0.4, -0.2) is 35.0 Å². The van der Waals surface area contributed by atoms with Crippen molar-refractivity contribution in [1.82, 2.24) is 0 Å². The second-order valence-electron chi connectivity index (χ2n) is 9.07. The molecule has 0 aromatic heterocycles. The Morgan fingerprint density at radius 3 is 2.77 bits per heavy atom. The van der Waals surface area contributed by atoms with Crippen LogP contribution in [0.5, 0.6) is 0 Å². The van der Waals surface area contributed by atoms with Gasteiger partial charge in [-0.25, -0.2) is 4.79 Å². The van der Waals surface area contributed by atoms with Crippen LogP contribution in [0.25, 0.3) is 0 Å². The molecule has 2 rings (SSSR count). The topological polar surface area (TPSA) is 66.8 Å². The molecule has 4 heteroatoms. The first kappa shape index (κ1) is 24.9. The largest absolute Gasteiger partial charge is 0.455 e. The molecule has 0 saturated heterocycles. The minimum Gasteiger partial charge on any atom is -0.455 e. The Hall–Kier alpha value is -2.35. The van der Waals surface area contributed by atoms with E-state index in [1.807, 2.05) is 52.0 Å². The molecule has 2 N–H and O–H groups in total. The molecule has 1 unspecified atom stereocenters. The Bertz CT molecular complexity index is 839. The summed E-state index contributed by atoms with van der Waals surface area (Å²) in [5, 5.41) is 20.7. The normalized spacial score (nSPS) is 26.8. The number of rotatable bonds is 4. The Balaban J connectivity index is 2.41. The summed E-state index contributed by atoms with van der Waals surface area (Å²) in [7, 11) is 0. The van der Waals surface area contributed by atoms with E-state index >= 15 is 0 Å². The van der Waals surface area contributed by atoms with Gasteiger partial charge >= 0.3 is 5.97 Å². The number of aliphatic hydroxyl groups is 2. The van der Waals surface area contributed by atoms with Crippen LogP contribution in [0.4, 0.5) is 0 Å². The summed E-state index contributed by atoms with van der Waals surface area (Å²) < 4.78 is 5.77. The van der Waals surface area contributed by atoms with Crippen LogP contribution in [-0.2, 0) is 21.4 Å². The number of allylic oxidation sites excluding steroid dienone is 1. The third-order valence-electron chi connectivity index (χ3n) is 6.38. The molecular formula is C27H36O4. The first-order valence-corrected chi connectivity index (χ1v) is 11.1. The van der Waals surface area contributed by atoms with Gasteiger partial charge in [-0.05, 0) is 42.9 Å². The molecule has 0 amide bonds. The molecule has 168 valence electrons. The van der Waals surface area contributed by atoms with Crippen molar-refractivity contribution in [2.24, 2.45) is 11.8 Å². The summed E-state index contributed by atoms with van der Waals surface area (Å²) in [5.74, 6) is 2.11. The van der Waals surface area contributed by atoms with Crippen molar-refractivity contribution < 1.29 is 19.7 Å². The summed E-state index contributed by atoms with van der Waals surface area (Å²) >= 11 is 0. The fourth-order valence-corrected chi connectivity index (χ4v) is 3.92. The van der Waals surface area contributed by atoms with E-state index in [4.69, 9.17) is 11.2 Å². The van der Waals surface area contributed by atoms with Crippen molar-refractivity contribution in [2.45, 2.75) is 71.0 Å². The van der Waals surface area contributed by atoms with E-state index in [2.05, 4.69) is 12.0 Å². The summed E-state index contributed by atoms with van der Waals surface area (Å²) in [6.07, 6.45) is 12.1. The van der Waals surface area contributed by atoms with Gasteiger partial charge < -0.3 is 14.9 Å². The van der Waals surface area contributed by atoms with Gasteiger partial charge in [0.15, 0.2) is 0 Å². The van der Waals surface area contributed by atoms with Gasteiger partial charge in [0.25, 0.3) is 0 Å². The predicted molar refractivity (Wildman–Crippen MR) is 124 cm³/mol. The van der Waals surface area contributed by atoms with Crippen LogP contribution in [0.3, 0.4) is 0 Å². The van der Waals surface area contributed by atoms with Gasteiger partial charge in [0.2, 0.25) is 0 Å². The van der Waals surface area contributed by atoms with E-state index in [9.17, 15) is 15.0 Å². The molecule has 1 aromatic carbocycles. The van der Waals surface area contributed by atoms with Crippen LogP contribution in [0.15, 0.2) is 48.1 Å². The minimum atomic E-state index is -0.649. The minimum absolute atomic E-state index is 0.00110. The lowest BCUT2D eigenvalue weighted by atomic mass is 9.75. The number of carbonyl (C=O) groups excluding carboxylic acids is 1. The number of esters is 1. The number of fused-ring (bicyclic) bond motifs is 2. The number of hydrogen-bond acceptors (Lipinski definition) is 4. The fourth-order valence-electron chi connectivity index (χ4n) is 3.92. The molecule has 0 fully saturated rings. The average Bonchev–Trinajstić information content (AvgIpc) is 2.75. The number of cyclic esters (lactones) is 1. The summed E-state index contributed by atoms with van der Waals surface area (Å²) in [6.45, 7) is 8.01. The highest BCUT2D eigenvalue weighted by Crippen LogP contribution is 2.33. The molecule has 0 aliphatic carbocycles. The van der Waals surface area contributed by atoms with Gasteiger partial charge in [-0.1, -0.05) is 57.2 Å². The summed E-state index contributed by atoms with van der Waals surface area (Å²) in [4.78, 5) is 12.5. The van der Waals surface area contributed by atoms with Crippen molar-refractivity contribution in [2.75, 3.05) is 6.61 Å². The Morgan fingerprint density at radius 2 is 2.13 bits per heavy atom. The Morgan fingerprint density at radius 1 is 1.39 bits per heavy atom. The van der Waals surface area contributed by atoms with Crippen LogP contribution in [0, 0.1) is 24.2 Å². The molecule has 0 spiro atoms.